The number of hydrogen-bond acceptors (Lipinski definition) is 4. The molecule has 0 aliphatic carbocycles. The number of nitrogens with one attached hydrogen (secondary N) is 1. The van der Waals surface area contributed by atoms with Gasteiger partial charge in [0, 0.05) is 5.69 Å². The predicted molar refractivity (Wildman–Crippen MR) is 114 cm³/mol. The third-order valence-corrected chi connectivity index (χ3v) is 6.08. The number of carboxylic acid groups (broad SMARTS) is 1. The maximum atomic E-state index is 13.4. The van der Waals surface area contributed by atoms with Crippen molar-refractivity contribution in [1.29, 1.82) is 0 Å². The highest BCUT2D eigenvalue weighted by atomic mass is 32.2. The van der Waals surface area contributed by atoms with Crippen LogP contribution < -0.4 is 9.62 Å². The van der Waals surface area contributed by atoms with Gasteiger partial charge in [0.25, 0.3) is 10.0 Å². The van der Waals surface area contributed by atoms with E-state index in [4.69, 9.17) is 5.11 Å². The molecule has 0 fully saturated rings. The van der Waals surface area contributed by atoms with Gasteiger partial charge in [0.2, 0.25) is 0 Å². The van der Waals surface area contributed by atoms with Crippen LogP contribution in [0, 0.1) is 6.92 Å². The van der Waals surface area contributed by atoms with Gasteiger partial charge < -0.3 is 10.4 Å². The molecular weight excluding hydrogens is 388 g/mol. The SMILES string of the molecule is Cc1cc(NCC(=O)O)cc(N(Cc2ccccc2)S(=O)(=O)c2ccccc2)c1. The van der Waals surface area contributed by atoms with Gasteiger partial charge in [-0.3, -0.25) is 9.10 Å². The lowest BCUT2D eigenvalue weighted by Gasteiger charge is -2.26. The summed E-state index contributed by atoms with van der Waals surface area (Å²) < 4.78 is 28.2. The zero-order chi connectivity index (χ0) is 20.9. The number of carbonyl (C=O) groups is 1. The van der Waals surface area contributed by atoms with Gasteiger partial charge in [0.1, 0.15) is 6.54 Å². The molecule has 0 aromatic heterocycles. The van der Waals surface area contributed by atoms with Crippen LogP contribution in [0.25, 0.3) is 0 Å². The minimum Gasteiger partial charge on any atom is -0.480 e. The van der Waals surface area contributed by atoms with E-state index in [1.165, 1.54) is 4.31 Å². The molecule has 0 aliphatic heterocycles. The summed E-state index contributed by atoms with van der Waals surface area (Å²) in [6.07, 6.45) is 0. The van der Waals surface area contributed by atoms with E-state index in [0.29, 0.717) is 11.4 Å². The molecule has 0 spiro atoms. The van der Waals surface area contributed by atoms with E-state index < -0.39 is 16.0 Å². The fraction of sp³-hybridized carbons (Fsp3) is 0.136. The van der Waals surface area contributed by atoms with Crippen molar-refractivity contribution in [2.45, 2.75) is 18.4 Å². The van der Waals surface area contributed by atoms with E-state index in [0.717, 1.165) is 11.1 Å². The first-order valence-corrected chi connectivity index (χ1v) is 10.5. The molecule has 150 valence electrons. The van der Waals surface area contributed by atoms with Crippen LogP contribution in [0.1, 0.15) is 11.1 Å². The molecule has 3 aromatic carbocycles. The van der Waals surface area contributed by atoms with Crippen molar-refractivity contribution in [1.82, 2.24) is 0 Å². The van der Waals surface area contributed by atoms with Crippen molar-refractivity contribution in [3.05, 3.63) is 90.0 Å². The van der Waals surface area contributed by atoms with Gasteiger partial charge in [0.05, 0.1) is 17.1 Å². The minimum absolute atomic E-state index is 0.153. The van der Waals surface area contributed by atoms with Crippen LogP contribution in [0.15, 0.2) is 83.8 Å². The maximum absolute atomic E-state index is 13.4. The second-order valence-corrected chi connectivity index (χ2v) is 8.48. The molecular formula is C22H22N2O4S. The zero-order valence-corrected chi connectivity index (χ0v) is 16.8. The maximum Gasteiger partial charge on any atom is 0.322 e. The highest BCUT2D eigenvalue weighted by molar-refractivity contribution is 7.92. The Morgan fingerprint density at radius 2 is 1.59 bits per heavy atom. The fourth-order valence-electron chi connectivity index (χ4n) is 2.97. The first-order chi connectivity index (χ1) is 13.9. The third kappa shape index (κ3) is 5.14. The molecule has 0 aliphatic rings. The molecule has 2 N–H and O–H groups in total. The number of carboxylic acids is 1. The van der Waals surface area contributed by atoms with Gasteiger partial charge in [-0.25, -0.2) is 8.42 Å². The summed E-state index contributed by atoms with van der Waals surface area (Å²) in [5, 5.41) is 11.7. The van der Waals surface area contributed by atoms with Crippen molar-refractivity contribution in [3.63, 3.8) is 0 Å². The van der Waals surface area contributed by atoms with Crippen molar-refractivity contribution in [3.8, 4) is 0 Å². The molecule has 0 radical (unpaired) electrons. The molecule has 0 saturated carbocycles. The lowest BCUT2D eigenvalue weighted by atomic mass is 10.1. The van der Waals surface area contributed by atoms with Gasteiger partial charge in [-0.05, 0) is 48.4 Å². The highest BCUT2D eigenvalue weighted by Crippen LogP contribution is 2.29. The highest BCUT2D eigenvalue weighted by Gasteiger charge is 2.25. The van der Waals surface area contributed by atoms with Crippen LogP contribution >= 0.6 is 0 Å². The molecule has 3 aromatic rings. The Labute approximate surface area is 170 Å². The summed E-state index contributed by atoms with van der Waals surface area (Å²) in [7, 11) is -3.83. The van der Waals surface area contributed by atoms with Gasteiger partial charge >= 0.3 is 5.97 Å². The third-order valence-electron chi connectivity index (χ3n) is 4.29. The summed E-state index contributed by atoms with van der Waals surface area (Å²) in [6, 6.07) is 22.8. The molecule has 0 unspecified atom stereocenters. The van der Waals surface area contributed by atoms with Crippen LogP contribution in [-0.4, -0.2) is 26.0 Å². The van der Waals surface area contributed by atoms with Crippen LogP contribution in [0.5, 0.6) is 0 Å². The van der Waals surface area contributed by atoms with E-state index in [1.54, 1.807) is 48.5 Å². The van der Waals surface area contributed by atoms with Gasteiger partial charge in [0.15, 0.2) is 0 Å². The Bertz CT molecular complexity index is 1080. The Balaban J connectivity index is 2.07. The van der Waals surface area contributed by atoms with E-state index in [1.807, 2.05) is 37.3 Å². The average molecular weight is 410 g/mol. The van der Waals surface area contributed by atoms with E-state index >= 15 is 0 Å². The monoisotopic (exact) mass is 410 g/mol. The summed E-state index contributed by atoms with van der Waals surface area (Å²) in [5.41, 5.74) is 2.67. The summed E-state index contributed by atoms with van der Waals surface area (Å²) in [5.74, 6) is -0.994. The number of sulfonamides is 1. The number of benzene rings is 3. The first-order valence-electron chi connectivity index (χ1n) is 9.05. The largest absolute Gasteiger partial charge is 0.480 e. The zero-order valence-electron chi connectivity index (χ0n) is 15.9. The van der Waals surface area contributed by atoms with Crippen LogP contribution in [-0.2, 0) is 21.4 Å². The van der Waals surface area contributed by atoms with Crippen molar-refractivity contribution >= 4 is 27.4 Å². The normalized spacial score (nSPS) is 11.1. The minimum atomic E-state index is -3.83. The predicted octanol–water partition coefficient (Wildman–Crippen LogP) is 3.89. The molecule has 3 rings (SSSR count). The number of nitrogens with zero attached hydrogens (tertiary/aromatic N) is 1. The fourth-order valence-corrected chi connectivity index (χ4v) is 4.43. The van der Waals surface area contributed by atoms with E-state index in [-0.39, 0.29) is 18.0 Å². The van der Waals surface area contributed by atoms with Crippen LogP contribution in [0.3, 0.4) is 0 Å². The lowest BCUT2D eigenvalue weighted by Crippen LogP contribution is -2.30. The summed E-state index contributed by atoms with van der Waals surface area (Å²) >= 11 is 0. The lowest BCUT2D eigenvalue weighted by molar-refractivity contribution is -0.134. The standard InChI is InChI=1S/C22H22N2O4S/c1-17-12-19(23-15-22(25)26)14-20(13-17)24(16-18-8-4-2-5-9-18)29(27,28)21-10-6-3-7-11-21/h2-14,23H,15-16H2,1H3,(H,25,26). The number of rotatable bonds is 8. The van der Waals surface area contributed by atoms with Gasteiger partial charge in [-0.1, -0.05) is 48.5 Å². The average Bonchev–Trinajstić information content (AvgIpc) is 2.71. The smallest absolute Gasteiger partial charge is 0.322 e. The topological polar surface area (TPSA) is 86.7 Å². The molecule has 6 nitrogen and oxygen atoms in total. The first kappa shape index (κ1) is 20.4. The van der Waals surface area contributed by atoms with Gasteiger partial charge in [-0.2, -0.15) is 0 Å². The number of hydrogen-bond donors (Lipinski definition) is 2. The molecule has 7 heteroatoms. The Kier molecular flexibility index (Phi) is 6.19. The number of aliphatic carboxylic acids is 1. The van der Waals surface area contributed by atoms with Crippen LogP contribution in [0.2, 0.25) is 0 Å². The Morgan fingerprint density at radius 3 is 2.21 bits per heavy atom. The molecule has 0 atom stereocenters. The van der Waals surface area contributed by atoms with Crippen molar-refractivity contribution in [2.24, 2.45) is 0 Å². The molecule has 29 heavy (non-hydrogen) atoms. The van der Waals surface area contributed by atoms with Crippen LogP contribution in [0.4, 0.5) is 11.4 Å². The Hall–Kier alpha value is -3.32. The summed E-state index contributed by atoms with van der Waals surface area (Å²) in [6.45, 7) is 1.73. The molecule has 0 heterocycles. The van der Waals surface area contributed by atoms with Crippen molar-refractivity contribution < 1.29 is 18.3 Å². The van der Waals surface area contributed by atoms with E-state index in [2.05, 4.69) is 5.32 Å². The van der Waals surface area contributed by atoms with Gasteiger partial charge in [-0.15, -0.1) is 0 Å². The second-order valence-electron chi connectivity index (χ2n) is 6.61. The number of anilines is 2. The van der Waals surface area contributed by atoms with E-state index in [9.17, 15) is 13.2 Å². The quantitative estimate of drug-likeness (QED) is 0.588. The summed E-state index contributed by atoms with van der Waals surface area (Å²) in [4.78, 5) is 11.1. The molecule has 0 saturated heterocycles. The number of aryl methyl sites for hydroxylation is 1. The van der Waals surface area contributed by atoms with Crippen molar-refractivity contribution in [2.75, 3.05) is 16.2 Å². The second kappa shape index (κ2) is 8.79. The Morgan fingerprint density at radius 1 is 0.966 bits per heavy atom. The molecule has 0 amide bonds. The molecule has 0 bridgehead atoms.